The van der Waals surface area contributed by atoms with Crippen LogP contribution in [0.25, 0.3) is 0 Å². The van der Waals surface area contributed by atoms with Crippen LogP contribution in [-0.2, 0) is 4.74 Å². The van der Waals surface area contributed by atoms with E-state index in [-0.39, 0.29) is 18.3 Å². The highest BCUT2D eigenvalue weighted by Gasteiger charge is 1.75. The molecule has 0 aromatic carbocycles. The van der Waals surface area contributed by atoms with E-state index < -0.39 is 0 Å². The number of hydrogen-bond donors (Lipinski definition) is 1. The lowest BCUT2D eigenvalue weighted by Gasteiger charge is -1.93. The molecule has 0 amide bonds. The van der Waals surface area contributed by atoms with Gasteiger partial charge in [0, 0.05) is 6.92 Å². The van der Waals surface area contributed by atoms with Crippen molar-refractivity contribution in [2.24, 2.45) is 0 Å². The van der Waals surface area contributed by atoms with Crippen LogP contribution in [-0.4, -0.2) is 12.5 Å². The van der Waals surface area contributed by atoms with Crippen molar-refractivity contribution in [2.75, 3.05) is 6.61 Å². The molecule has 1 N–H and O–H groups in total. The van der Waals surface area contributed by atoms with Crippen LogP contribution in [0.2, 0.25) is 0 Å². The Kier molecular flexibility index (Phi) is 8.15. The first-order valence-corrected chi connectivity index (χ1v) is 1.95. The Labute approximate surface area is 49.8 Å². The Bertz CT molecular complexity index is 55.7. The third-order valence-electron chi connectivity index (χ3n) is 0.361. The van der Waals surface area contributed by atoms with Crippen LogP contribution >= 0.6 is 12.4 Å². The quantitative estimate of drug-likeness (QED) is 0.321. The molecule has 0 unspecified atom stereocenters. The van der Waals surface area contributed by atoms with Crippen LogP contribution in [0.5, 0.6) is 0 Å². The lowest BCUT2D eigenvalue weighted by atomic mass is 10.9. The van der Waals surface area contributed by atoms with Gasteiger partial charge in [-0.1, -0.05) is 0 Å². The molecule has 2 nitrogen and oxygen atoms in total. The molecule has 0 bridgehead atoms. The lowest BCUT2D eigenvalue weighted by Crippen LogP contribution is -1.94. The average Bonchev–Trinajstić information content (AvgIpc) is 1.35. The summed E-state index contributed by atoms with van der Waals surface area (Å²) < 4.78 is 4.62. The minimum atomic E-state index is 0. The molecule has 3 heteroatoms. The Morgan fingerprint density at radius 3 is 2.14 bits per heavy atom. The van der Waals surface area contributed by atoms with Gasteiger partial charge in [0.2, 0.25) is 0 Å². The summed E-state index contributed by atoms with van der Waals surface area (Å²) in [7, 11) is 0. The Hall–Kier alpha value is -0.240. The molecule has 0 atom stereocenters. The summed E-state index contributed by atoms with van der Waals surface area (Å²) in [6.07, 6.45) is 0. The minimum absolute atomic E-state index is 0. The van der Waals surface area contributed by atoms with E-state index in [0.717, 1.165) is 0 Å². The molecule has 7 heavy (non-hydrogen) atoms. The molecule has 0 aliphatic rings. The molecule has 0 heterocycles. The maximum atomic E-state index is 6.67. The third-order valence-corrected chi connectivity index (χ3v) is 0.361. The number of rotatable bonds is 1. The number of halogens is 1. The van der Waals surface area contributed by atoms with Crippen LogP contribution in [0.4, 0.5) is 0 Å². The fraction of sp³-hybridized carbons (Fsp3) is 0.750. The van der Waals surface area contributed by atoms with E-state index in [2.05, 4.69) is 4.74 Å². The van der Waals surface area contributed by atoms with Gasteiger partial charge in [-0.05, 0) is 6.92 Å². The van der Waals surface area contributed by atoms with E-state index in [4.69, 9.17) is 5.41 Å². The van der Waals surface area contributed by atoms with Gasteiger partial charge >= 0.3 is 0 Å². The van der Waals surface area contributed by atoms with Crippen LogP contribution < -0.4 is 0 Å². The van der Waals surface area contributed by atoms with Crippen LogP contribution in [0.3, 0.4) is 0 Å². The van der Waals surface area contributed by atoms with Gasteiger partial charge in [-0.3, -0.25) is 5.41 Å². The predicted octanol–water partition coefficient (Wildman–Crippen LogP) is 1.44. The second-order valence-corrected chi connectivity index (χ2v) is 0.989. The Balaban J connectivity index is 0. The molecule has 0 aliphatic carbocycles. The van der Waals surface area contributed by atoms with Crippen LogP contribution in [0.15, 0.2) is 0 Å². The maximum Gasteiger partial charge on any atom is 0.177 e. The topological polar surface area (TPSA) is 33.1 Å². The SMILES string of the molecule is CCO[13C]([13CH3])=N.Cl. The normalized spacial score (nSPS) is 6.57. The fourth-order valence-electron chi connectivity index (χ4n) is 0.217. The molecule has 0 rings (SSSR count). The summed E-state index contributed by atoms with van der Waals surface area (Å²) in [6, 6.07) is 0. The van der Waals surface area contributed by atoms with Gasteiger partial charge in [-0.25, -0.2) is 0 Å². The summed E-state index contributed by atoms with van der Waals surface area (Å²) in [5, 5.41) is 6.67. The highest BCUT2D eigenvalue weighted by Crippen LogP contribution is 1.70. The van der Waals surface area contributed by atoms with Gasteiger partial charge in [0.15, 0.2) is 5.90 Å². The predicted molar refractivity (Wildman–Crippen MR) is 32.3 cm³/mol. The van der Waals surface area contributed by atoms with Crippen LogP contribution in [0.1, 0.15) is 13.8 Å². The molecule has 0 spiro atoms. The average molecular weight is 126 g/mol. The van der Waals surface area contributed by atoms with E-state index in [1.807, 2.05) is 6.92 Å². The van der Waals surface area contributed by atoms with E-state index in [1.54, 1.807) is 6.92 Å². The number of ether oxygens (including phenoxy) is 1. The summed E-state index contributed by atoms with van der Waals surface area (Å²) in [4.78, 5) is 0. The number of hydrogen-bond acceptors (Lipinski definition) is 2. The molecule has 0 fully saturated rings. The third kappa shape index (κ3) is 10.7. The van der Waals surface area contributed by atoms with Crippen molar-refractivity contribution < 1.29 is 4.74 Å². The smallest absolute Gasteiger partial charge is 0.177 e. The van der Waals surface area contributed by atoms with Gasteiger partial charge < -0.3 is 4.74 Å². The van der Waals surface area contributed by atoms with Crippen molar-refractivity contribution in [3.05, 3.63) is 0 Å². The summed E-state index contributed by atoms with van der Waals surface area (Å²) in [5.41, 5.74) is 0. The van der Waals surface area contributed by atoms with E-state index in [1.165, 1.54) is 0 Å². The molecular formula is C4H10ClNO. The summed E-state index contributed by atoms with van der Waals surface area (Å²) >= 11 is 0. The molecular weight excluding hydrogens is 115 g/mol. The first-order valence-electron chi connectivity index (χ1n) is 1.95. The van der Waals surface area contributed by atoms with Gasteiger partial charge in [0.05, 0.1) is 6.61 Å². The number of nitrogens with one attached hydrogen (secondary N) is 1. The first-order chi connectivity index (χ1) is 2.77. The van der Waals surface area contributed by atoms with E-state index in [9.17, 15) is 0 Å². The van der Waals surface area contributed by atoms with Gasteiger partial charge in [0.1, 0.15) is 0 Å². The Morgan fingerprint density at radius 1 is 1.71 bits per heavy atom. The van der Waals surface area contributed by atoms with Crippen molar-refractivity contribution in [3.8, 4) is 0 Å². The monoisotopic (exact) mass is 125 g/mol. The Morgan fingerprint density at radius 2 is 2.14 bits per heavy atom. The van der Waals surface area contributed by atoms with E-state index in [0.29, 0.717) is 6.61 Å². The molecule has 0 saturated carbocycles. The fourth-order valence-corrected chi connectivity index (χ4v) is 0.217. The minimum Gasteiger partial charge on any atom is -0.482 e. The second-order valence-electron chi connectivity index (χ2n) is 0.989. The zero-order chi connectivity index (χ0) is 4.99. The van der Waals surface area contributed by atoms with Gasteiger partial charge in [-0.2, -0.15) is 0 Å². The lowest BCUT2D eigenvalue weighted by molar-refractivity contribution is 0.321. The van der Waals surface area contributed by atoms with Crippen molar-refractivity contribution in [1.29, 1.82) is 5.41 Å². The van der Waals surface area contributed by atoms with E-state index >= 15 is 0 Å². The molecule has 0 aromatic heterocycles. The zero-order valence-corrected chi connectivity index (χ0v) is 5.34. The molecule has 0 aromatic rings. The van der Waals surface area contributed by atoms with Crippen LogP contribution in [0, 0.1) is 5.41 Å². The molecule has 0 aliphatic heterocycles. The summed E-state index contributed by atoms with van der Waals surface area (Å²) in [6.45, 7) is 4.08. The summed E-state index contributed by atoms with van der Waals surface area (Å²) in [5.74, 6) is 0.289. The van der Waals surface area contributed by atoms with Crippen molar-refractivity contribution in [2.45, 2.75) is 13.8 Å². The largest absolute Gasteiger partial charge is 0.482 e. The highest BCUT2D eigenvalue weighted by molar-refractivity contribution is 5.85. The maximum absolute atomic E-state index is 6.67. The first kappa shape index (κ1) is 9.90. The van der Waals surface area contributed by atoms with Gasteiger partial charge in [-0.15, -0.1) is 12.4 Å². The molecule has 44 valence electrons. The zero-order valence-electron chi connectivity index (χ0n) is 4.52. The molecule has 0 saturated heterocycles. The van der Waals surface area contributed by atoms with Crippen molar-refractivity contribution in [3.63, 3.8) is 0 Å². The highest BCUT2D eigenvalue weighted by atomic mass is 35.5. The second kappa shape index (κ2) is 5.76. The van der Waals surface area contributed by atoms with Gasteiger partial charge in [0.25, 0.3) is 0 Å². The van der Waals surface area contributed by atoms with Crippen molar-refractivity contribution in [1.82, 2.24) is 0 Å². The standard InChI is InChI=1S/C4H9NO.ClH/c1-3-6-4(2)5;/h5H,3H2,1-2H3;1H/i2+1,4+1;. The molecule has 0 radical (unpaired) electrons. The van der Waals surface area contributed by atoms with Crippen molar-refractivity contribution >= 4 is 18.3 Å².